The fourth-order valence-electron chi connectivity index (χ4n) is 2.15. The number of carbonyl (C=O) groups excluding carboxylic acids is 1. The van der Waals surface area contributed by atoms with Gasteiger partial charge in [-0.25, -0.2) is 4.39 Å². The van der Waals surface area contributed by atoms with Crippen LogP contribution in [-0.2, 0) is 11.3 Å². The third kappa shape index (κ3) is 4.43. The number of nitrogens with zero attached hydrogens (tertiary/aromatic N) is 1. The van der Waals surface area contributed by atoms with Crippen molar-refractivity contribution in [3.8, 4) is 0 Å². The second-order valence-electron chi connectivity index (χ2n) is 5.07. The highest BCUT2D eigenvalue weighted by Gasteiger charge is 2.08. The number of hydrogen-bond donors (Lipinski definition) is 2. The zero-order valence-electron chi connectivity index (χ0n) is 12.1. The molecule has 112 valence electrons. The van der Waals surface area contributed by atoms with Gasteiger partial charge in [0.25, 0.3) is 0 Å². The van der Waals surface area contributed by atoms with Gasteiger partial charge in [-0.1, -0.05) is 13.3 Å². The molecule has 2 rings (SSSR count). The van der Waals surface area contributed by atoms with Gasteiger partial charge in [0.1, 0.15) is 12.4 Å². The average Bonchev–Trinajstić information content (AvgIpc) is 2.90. The van der Waals surface area contributed by atoms with E-state index >= 15 is 0 Å². The van der Waals surface area contributed by atoms with Gasteiger partial charge in [0.05, 0.1) is 0 Å². The van der Waals surface area contributed by atoms with Gasteiger partial charge in [0.15, 0.2) is 0 Å². The maximum atomic E-state index is 12.8. The monoisotopic (exact) mass is 289 g/mol. The lowest BCUT2D eigenvalue weighted by atomic mass is 10.1. The highest BCUT2D eigenvalue weighted by Crippen LogP contribution is 2.16. The molecule has 0 radical (unpaired) electrons. The summed E-state index contributed by atoms with van der Waals surface area (Å²) in [5.74, 6) is -0.485. The van der Waals surface area contributed by atoms with Crippen LogP contribution in [0, 0.1) is 5.82 Å². The third-order valence-electron chi connectivity index (χ3n) is 3.26. The summed E-state index contributed by atoms with van der Waals surface area (Å²) in [7, 11) is 0. The van der Waals surface area contributed by atoms with Crippen molar-refractivity contribution in [1.82, 2.24) is 4.57 Å². The Kier molecular flexibility index (Phi) is 5.11. The highest BCUT2D eigenvalue weighted by atomic mass is 19.1. The van der Waals surface area contributed by atoms with Gasteiger partial charge in [-0.3, -0.25) is 4.79 Å². The maximum Gasteiger partial charge on any atom is 0.244 e. The number of nitrogens with one attached hydrogen (secondary N) is 1. The Morgan fingerprint density at radius 3 is 2.71 bits per heavy atom. The van der Waals surface area contributed by atoms with Gasteiger partial charge in [0.2, 0.25) is 5.91 Å². The van der Waals surface area contributed by atoms with Crippen LogP contribution in [0.25, 0.3) is 0 Å². The molecule has 1 unspecified atom stereocenters. The average molecular weight is 289 g/mol. The van der Waals surface area contributed by atoms with Crippen LogP contribution in [0.1, 0.15) is 31.4 Å². The van der Waals surface area contributed by atoms with E-state index in [1.54, 1.807) is 4.57 Å². The van der Waals surface area contributed by atoms with Gasteiger partial charge in [-0.15, -0.1) is 0 Å². The topological polar surface area (TPSA) is 60.0 Å². The zero-order valence-corrected chi connectivity index (χ0v) is 12.1. The third-order valence-corrected chi connectivity index (χ3v) is 3.26. The molecule has 1 aromatic heterocycles. The smallest absolute Gasteiger partial charge is 0.244 e. The van der Waals surface area contributed by atoms with Crippen molar-refractivity contribution >= 4 is 11.6 Å². The minimum Gasteiger partial charge on any atom is -0.345 e. The molecule has 0 saturated heterocycles. The standard InChI is InChI=1S/C16H20FN3O/c1-2-3-15(18)12-8-9-20(10-12)11-16(21)19-14-6-4-13(17)5-7-14/h4-10,15H,2-3,11,18H2,1H3,(H,19,21). The summed E-state index contributed by atoms with van der Waals surface area (Å²) in [4.78, 5) is 11.9. The number of nitrogens with two attached hydrogens (primary N) is 1. The molecular formula is C16H20FN3O. The Labute approximate surface area is 123 Å². The van der Waals surface area contributed by atoms with Gasteiger partial charge in [-0.2, -0.15) is 0 Å². The minimum atomic E-state index is -0.326. The van der Waals surface area contributed by atoms with E-state index < -0.39 is 0 Å². The number of amides is 1. The molecule has 3 N–H and O–H groups in total. The van der Waals surface area contributed by atoms with Crippen molar-refractivity contribution in [1.29, 1.82) is 0 Å². The predicted octanol–water partition coefficient (Wildman–Crippen LogP) is 3.07. The molecule has 2 aromatic rings. The number of hydrogen-bond acceptors (Lipinski definition) is 2. The van der Waals surface area contributed by atoms with Crippen molar-refractivity contribution in [3.63, 3.8) is 0 Å². The van der Waals surface area contributed by atoms with E-state index in [1.807, 2.05) is 18.5 Å². The maximum absolute atomic E-state index is 12.8. The number of halogens is 1. The van der Waals surface area contributed by atoms with Crippen LogP contribution >= 0.6 is 0 Å². The van der Waals surface area contributed by atoms with Crippen LogP contribution in [0.2, 0.25) is 0 Å². The molecule has 0 spiro atoms. The number of aromatic nitrogens is 1. The van der Waals surface area contributed by atoms with Crippen molar-refractivity contribution in [2.24, 2.45) is 5.73 Å². The van der Waals surface area contributed by atoms with Crippen molar-refractivity contribution in [2.75, 3.05) is 5.32 Å². The minimum absolute atomic E-state index is 0.0106. The summed E-state index contributed by atoms with van der Waals surface area (Å²) in [6.07, 6.45) is 5.68. The molecule has 0 bridgehead atoms. The van der Waals surface area contributed by atoms with Crippen molar-refractivity contribution in [3.05, 3.63) is 54.1 Å². The first-order chi connectivity index (χ1) is 10.1. The van der Waals surface area contributed by atoms with E-state index in [-0.39, 0.29) is 24.3 Å². The molecule has 0 aliphatic rings. The number of benzene rings is 1. The first kappa shape index (κ1) is 15.3. The van der Waals surface area contributed by atoms with E-state index in [2.05, 4.69) is 12.2 Å². The molecule has 21 heavy (non-hydrogen) atoms. The number of rotatable bonds is 6. The Hall–Kier alpha value is -2.14. The molecule has 1 heterocycles. The number of carbonyl (C=O) groups is 1. The first-order valence-corrected chi connectivity index (χ1v) is 7.05. The van der Waals surface area contributed by atoms with Gasteiger partial charge in [0, 0.05) is 24.1 Å². The van der Waals surface area contributed by atoms with Crippen LogP contribution < -0.4 is 11.1 Å². The van der Waals surface area contributed by atoms with Crippen LogP contribution in [0.15, 0.2) is 42.7 Å². The van der Waals surface area contributed by atoms with Crippen LogP contribution in [0.4, 0.5) is 10.1 Å². The summed E-state index contributed by atoms with van der Waals surface area (Å²) in [5, 5.41) is 2.72. The normalized spacial score (nSPS) is 12.1. The molecule has 1 amide bonds. The SMILES string of the molecule is CCCC(N)c1ccn(CC(=O)Nc2ccc(F)cc2)c1. The molecule has 4 nitrogen and oxygen atoms in total. The second kappa shape index (κ2) is 7.04. The first-order valence-electron chi connectivity index (χ1n) is 7.05. The summed E-state index contributed by atoms with van der Waals surface area (Å²) >= 11 is 0. The van der Waals surface area contributed by atoms with Gasteiger partial charge < -0.3 is 15.6 Å². The van der Waals surface area contributed by atoms with Crippen molar-refractivity contribution < 1.29 is 9.18 Å². The molecule has 0 aliphatic heterocycles. The van der Waals surface area contributed by atoms with Crippen LogP contribution in [-0.4, -0.2) is 10.5 Å². The number of anilines is 1. The zero-order chi connectivity index (χ0) is 15.2. The summed E-state index contributed by atoms with van der Waals surface area (Å²) in [5.41, 5.74) is 7.65. The fraction of sp³-hybridized carbons (Fsp3) is 0.312. The Morgan fingerprint density at radius 1 is 1.33 bits per heavy atom. The van der Waals surface area contributed by atoms with Crippen LogP contribution in [0.3, 0.4) is 0 Å². The quantitative estimate of drug-likeness (QED) is 0.858. The van der Waals surface area contributed by atoms with Gasteiger partial charge >= 0.3 is 0 Å². The Balaban J connectivity index is 1.92. The lowest BCUT2D eigenvalue weighted by Crippen LogP contribution is -2.18. The molecular weight excluding hydrogens is 269 g/mol. The lowest BCUT2D eigenvalue weighted by molar-refractivity contribution is -0.116. The molecule has 1 aromatic carbocycles. The molecule has 5 heteroatoms. The van der Waals surface area contributed by atoms with E-state index in [0.29, 0.717) is 5.69 Å². The molecule has 0 fully saturated rings. The predicted molar refractivity (Wildman–Crippen MR) is 81.3 cm³/mol. The molecule has 1 atom stereocenters. The van der Waals surface area contributed by atoms with E-state index in [4.69, 9.17) is 5.73 Å². The highest BCUT2D eigenvalue weighted by molar-refractivity contribution is 5.90. The summed E-state index contributed by atoms with van der Waals surface area (Å²) in [6.45, 7) is 2.29. The summed E-state index contributed by atoms with van der Waals surface area (Å²) < 4.78 is 14.6. The lowest BCUT2D eigenvalue weighted by Gasteiger charge is -2.08. The van der Waals surface area contributed by atoms with E-state index in [1.165, 1.54) is 24.3 Å². The summed E-state index contributed by atoms with van der Waals surface area (Å²) in [6, 6.07) is 7.64. The van der Waals surface area contributed by atoms with Crippen molar-refractivity contribution in [2.45, 2.75) is 32.4 Å². The van der Waals surface area contributed by atoms with Crippen LogP contribution in [0.5, 0.6) is 0 Å². The van der Waals surface area contributed by atoms with E-state index in [9.17, 15) is 9.18 Å². The largest absolute Gasteiger partial charge is 0.345 e. The second-order valence-corrected chi connectivity index (χ2v) is 5.07. The Bertz CT molecular complexity index is 592. The molecule has 0 aliphatic carbocycles. The Morgan fingerprint density at radius 2 is 2.05 bits per heavy atom. The molecule has 0 saturated carbocycles. The fourth-order valence-corrected chi connectivity index (χ4v) is 2.15. The van der Waals surface area contributed by atoms with E-state index in [0.717, 1.165) is 18.4 Å². The van der Waals surface area contributed by atoms with Gasteiger partial charge in [-0.05, 0) is 42.3 Å².